The second-order valence-corrected chi connectivity index (χ2v) is 3.26. The third-order valence-electron chi connectivity index (χ3n) is 0.716. The van der Waals surface area contributed by atoms with Crippen molar-refractivity contribution in [1.29, 1.82) is 0 Å². The van der Waals surface area contributed by atoms with Gasteiger partial charge >= 0.3 is 5.97 Å². The van der Waals surface area contributed by atoms with Gasteiger partial charge in [0, 0.05) is 0 Å². The van der Waals surface area contributed by atoms with Gasteiger partial charge in [0.2, 0.25) is 5.75 Å². The summed E-state index contributed by atoms with van der Waals surface area (Å²) in [6.45, 7) is 1.87. The van der Waals surface area contributed by atoms with Crippen LogP contribution in [0.3, 0.4) is 0 Å². The Morgan fingerprint density at radius 2 is 2.33 bits per heavy atom. The Kier molecular flexibility index (Phi) is 4.53. The van der Waals surface area contributed by atoms with Crippen LogP contribution < -0.4 is 0 Å². The molecule has 0 aliphatic heterocycles. The Morgan fingerprint density at radius 1 is 1.78 bits per heavy atom. The SMILES string of the molecule is CCC[S+]([O-])CC(=O)O. The minimum Gasteiger partial charge on any atom is -0.616 e. The van der Waals surface area contributed by atoms with Gasteiger partial charge < -0.3 is 9.66 Å². The Hall–Kier alpha value is -0.220. The maximum Gasteiger partial charge on any atom is 0.353 e. The first kappa shape index (κ1) is 8.78. The van der Waals surface area contributed by atoms with Crippen molar-refractivity contribution in [3.8, 4) is 0 Å². The predicted molar refractivity (Wildman–Crippen MR) is 35.8 cm³/mol. The lowest BCUT2D eigenvalue weighted by Crippen LogP contribution is -2.17. The summed E-state index contributed by atoms with van der Waals surface area (Å²) in [7, 11) is 0. The molecule has 1 N–H and O–H groups in total. The van der Waals surface area contributed by atoms with Gasteiger partial charge in [-0.25, -0.2) is 4.79 Å². The van der Waals surface area contributed by atoms with Crippen LogP contribution in [0.5, 0.6) is 0 Å². The van der Waals surface area contributed by atoms with E-state index >= 15 is 0 Å². The van der Waals surface area contributed by atoms with Crippen LogP contribution in [0.25, 0.3) is 0 Å². The molecular formula is C5H10O3S. The first-order chi connectivity index (χ1) is 4.16. The molecule has 0 saturated heterocycles. The molecule has 0 aromatic carbocycles. The highest BCUT2D eigenvalue weighted by Gasteiger charge is 2.08. The quantitative estimate of drug-likeness (QED) is 0.583. The van der Waals surface area contributed by atoms with Crippen molar-refractivity contribution in [1.82, 2.24) is 0 Å². The molecule has 1 unspecified atom stereocenters. The molecule has 0 aliphatic carbocycles. The molecule has 0 amide bonds. The Bertz CT molecular complexity index is 94.2. The molecule has 9 heavy (non-hydrogen) atoms. The molecular weight excluding hydrogens is 140 g/mol. The van der Waals surface area contributed by atoms with Gasteiger partial charge in [0.25, 0.3) is 0 Å². The lowest BCUT2D eigenvalue weighted by atomic mass is 10.6. The summed E-state index contributed by atoms with van der Waals surface area (Å²) < 4.78 is 10.6. The second-order valence-electron chi connectivity index (χ2n) is 1.68. The molecule has 0 aromatic heterocycles. The van der Waals surface area contributed by atoms with Crippen LogP contribution in [0.4, 0.5) is 0 Å². The zero-order chi connectivity index (χ0) is 7.28. The topological polar surface area (TPSA) is 60.4 Å². The van der Waals surface area contributed by atoms with E-state index in [2.05, 4.69) is 0 Å². The van der Waals surface area contributed by atoms with Crippen LogP contribution in [0.15, 0.2) is 0 Å². The molecule has 0 bridgehead atoms. The zero-order valence-electron chi connectivity index (χ0n) is 5.29. The van der Waals surface area contributed by atoms with Crippen LogP contribution in [0.2, 0.25) is 0 Å². The normalized spacial score (nSPS) is 13.1. The Morgan fingerprint density at radius 3 is 2.67 bits per heavy atom. The highest BCUT2D eigenvalue weighted by Crippen LogP contribution is 1.92. The van der Waals surface area contributed by atoms with Crippen molar-refractivity contribution in [3.63, 3.8) is 0 Å². The molecule has 0 rings (SSSR count). The largest absolute Gasteiger partial charge is 0.616 e. The van der Waals surface area contributed by atoms with Gasteiger partial charge in [0.1, 0.15) is 5.75 Å². The molecule has 4 heteroatoms. The maximum atomic E-state index is 10.6. The first-order valence-electron chi connectivity index (χ1n) is 2.73. The summed E-state index contributed by atoms with van der Waals surface area (Å²) in [6.07, 6.45) is 0.778. The highest BCUT2D eigenvalue weighted by molar-refractivity contribution is 7.92. The number of carboxylic acid groups (broad SMARTS) is 1. The average Bonchev–Trinajstić information content (AvgIpc) is 1.63. The number of carboxylic acids is 1. The molecule has 0 saturated carbocycles. The molecule has 0 aromatic rings. The van der Waals surface area contributed by atoms with Crippen molar-refractivity contribution in [2.24, 2.45) is 0 Å². The van der Waals surface area contributed by atoms with Crippen molar-refractivity contribution in [2.45, 2.75) is 13.3 Å². The van der Waals surface area contributed by atoms with Crippen LogP contribution in [0, 0.1) is 0 Å². The minimum atomic E-state index is -1.15. The van der Waals surface area contributed by atoms with Crippen LogP contribution in [-0.4, -0.2) is 27.1 Å². The van der Waals surface area contributed by atoms with E-state index in [1.165, 1.54) is 0 Å². The fourth-order valence-corrected chi connectivity index (χ4v) is 1.31. The van der Waals surface area contributed by atoms with Gasteiger partial charge in [-0.2, -0.15) is 0 Å². The molecule has 3 nitrogen and oxygen atoms in total. The van der Waals surface area contributed by atoms with Gasteiger partial charge in [0.05, 0.1) is 0 Å². The molecule has 0 heterocycles. The van der Waals surface area contributed by atoms with E-state index in [0.717, 1.165) is 6.42 Å². The number of hydrogen-bond donors (Lipinski definition) is 1. The summed E-state index contributed by atoms with van der Waals surface area (Å²) >= 11 is -1.15. The molecule has 0 radical (unpaired) electrons. The van der Waals surface area contributed by atoms with Crippen molar-refractivity contribution in [2.75, 3.05) is 11.5 Å². The van der Waals surface area contributed by atoms with Gasteiger partial charge in [-0.3, -0.25) is 0 Å². The molecule has 1 atom stereocenters. The number of hydrogen-bond acceptors (Lipinski definition) is 2. The maximum absolute atomic E-state index is 10.6. The fourth-order valence-electron chi connectivity index (χ4n) is 0.438. The van der Waals surface area contributed by atoms with Crippen LogP contribution in [-0.2, 0) is 16.0 Å². The molecule has 54 valence electrons. The summed E-state index contributed by atoms with van der Waals surface area (Å²) in [5.41, 5.74) is 0. The van der Waals surface area contributed by atoms with E-state index in [0.29, 0.717) is 5.75 Å². The Labute approximate surface area is 57.2 Å². The van der Waals surface area contributed by atoms with Gasteiger partial charge in [-0.1, -0.05) is 6.92 Å². The van der Waals surface area contributed by atoms with Crippen molar-refractivity contribution in [3.05, 3.63) is 0 Å². The highest BCUT2D eigenvalue weighted by atomic mass is 32.2. The summed E-state index contributed by atoms with van der Waals surface area (Å²) in [6, 6.07) is 0. The summed E-state index contributed by atoms with van der Waals surface area (Å²) in [5, 5.41) is 8.12. The lowest BCUT2D eigenvalue weighted by molar-refractivity contribution is -0.134. The van der Waals surface area contributed by atoms with E-state index in [4.69, 9.17) is 5.11 Å². The van der Waals surface area contributed by atoms with E-state index < -0.39 is 17.1 Å². The van der Waals surface area contributed by atoms with Crippen molar-refractivity contribution >= 4 is 17.1 Å². The molecule has 0 spiro atoms. The summed E-state index contributed by atoms with van der Waals surface area (Å²) in [4.78, 5) is 9.89. The predicted octanol–water partition coefficient (Wildman–Crippen LogP) is 0.230. The van der Waals surface area contributed by atoms with Crippen LogP contribution >= 0.6 is 0 Å². The van der Waals surface area contributed by atoms with E-state index in [1.807, 2.05) is 6.92 Å². The smallest absolute Gasteiger partial charge is 0.353 e. The first-order valence-corrected chi connectivity index (χ1v) is 4.22. The fraction of sp³-hybridized carbons (Fsp3) is 0.800. The van der Waals surface area contributed by atoms with E-state index in [9.17, 15) is 9.35 Å². The number of aliphatic carboxylic acids is 1. The van der Waals surface area contributed by atoms with E-state index in [-0.39, 0.29) is 5.75 Å². The number of carbonyl (C=O) groups is 1. The van der Waals surface area contributed by atoms with Crippen molar-refractivity contribution < 1.29 is 14.5 Å². The van der Waals surface area contributed by atoms with Gasteiger partial charge in [-0.15, -0.1) is 0 Å². The third-order valence-corrected chi connectivity index (χ3v) is 2.15. The number of rotatable bonds is 4. The zero-order valence-corrected chi connectivity index (χ0v) is 6.11. The summed E-state index contributed by atoms with van der Waals surface area (Å²) in [5.74, 6) is -0.707. The lowest BCUT2D eigenvalue weighted by Gasteiger charge is -2.04. The van der Waals surface area contributed by atoms with Crippen LogP contribution in [0.1, 0.15) is 13.3 Å². The second kappa shape index (κ2) is 4.64. The standard InChI is InChI=1S/C5H10O3S/c1-2-3-9(8)4-5(6)7/h2-4H2,1H3,(H,6,7). The van der Waals surface area contributed by atoms with E-state index in [1.54, 1.807) is 0 Å². The molecule has 0 fully saturated rings. The third kappa shape index (κ3) is 5.65. The average molecular weight is 150 g/mol. The monoisotopic (exact) mass is 150 g/mol. The molecule has 0 aliphatic rings. The van der Waals surface area contributed by atoms with Gasteiger partial charge in [0.15, 0.2) is 0 Å². The minimum absolute atomic E-state index is 0.214. The van der Waals surface area contributed by atoms with Gasteiger partial charge in [-0.05, 0) is 17.6 Å². The Balaban J connectivity index is 3.26.